The molecule has 18 nitrogen and oxygen atoms in total. The summed E-state index contributed by atoms with van der Waals surface area (Å²) in [7, 11) is 0. The fourth-order valence-corrected chi connectivity index (χ4v) is 6.15. The second-order valence-corrected chi connectivity index (χ2v) is 11.6. The number of ether oxygens (including phenoxy) is 10. The number of thioether (sulfide) groups is 1. The third kappa shape index (κ3) is 12.3. The van der Waals surface area contributed by atoms with Gasteiger partial charge in [-0.3, -0.25) is 38.4 Å². The number of hydrogen-bond donors (Lipinski definition) is 0. The third-order valence-corrected chi connectivity index (χ3v) is 7.55. The molecule has 19 heteroatoms. The molecule has 0 aromatic carbocycles. The molecule has 2 rings (SSSR count). The van der Waals surface area contributed by atoms with Crippen LogP contribution >= 0.6 is 11.8 Å². The van der Waals surface area contributed by atoms with Gasteiger partial charge in [0.15, 0.2) is 42.2 Å². The molecule has 2 heterocycles. The summed E-state index contributed by atoms with van der Waals surface area (Å²) in [5.74, 6) is -6.66. The standard InChI is InChI=1S/C28H38O18S/c1-11(29)37-9-19-21(39-13(3)31)23(40-14(4)32)25(42-16(6)34)27(45-19)46-22-20(10-38-12(2)30)47-28(44-18(8)36)26(43-17(7)35)24(22)41-15(5)33/h19-28H,9-10H2,1-8H3/t19-,20-,21-,22-,23+,24+,25-,26-,27+,28+/m1/s1. The molecule has 0 N–H and O–H groups in total. The molecule has 0 aliphatic carbocycles. The summed E-state index contributed by atoms with van der Waals surface area (Å²) in [5, 5.41) is -1.05. The Balaban J connectivity index is 2.73. The lowest BCUT2D eigenvalue weighted by atomic mass is 9.97. The minimum atomic E-state index is -1.76. The molecule has 264 valence electrons. The zero-order valence-electron chi connectivity index (χ0n) is 26.9. The number of hydrogen-bond acceptors (Lipinski definition) is 19. The van der Waals surface area contributed by atoms with E-state index in [1.807, 2.05) is 0 Å². The zero-order chi connectivity index (χ0) is 35.6. The van der Waals surface area contributed by atoms with Crippen molar-refractivity contribution in [2.45, 2.75) is 115 Å². The van der Waals surface area contributed by atoms with E-state index in [0.29, 0.717) is 0 Å². The second kappa shape index (κ2) is 17.8. The first-order chi connectivity index (χ1) is 21.9. The highest BCUT2D eigenvalue weighted by Crippen LogP contribution is 2.41. The smallest absolute Gasteiger partial charge is 0.303 e. The molecule has 0 saturated carbocycles. The van der Waals surface area contributed by atoms with E-state index in [1.165, 1.54) is 0 Å². The molecule has 10 atom stereocenters. The van der Waals surface area contributed by atoms with E-state index in [9.17, 15) is 38.4 Å². The van der Waals surface area contributed by atoms with Gasteiger partial charge in [-0.25, -0.2) is 0 Å². The summed E-state index contributed by atoms with van der Waals surface area (Å²) in [6.45, 7) is 7.52. The average Bonchev–Trinajstić information content (AvgIpc) is 2.91. The van der Waals surface area contributed by atoms with Crippen molar-refractivity contribution in [1.29, 1.82) is 0 Å². The molecular weight excluding hydrogens is 656 g/mol. The fourth-order valence-electron chi connectivity index (χ4n) is 4.73. The van der Waals surface area contributed by atoms with Gasteiger partial charge in [0.05, 0.1) is 5.25 Å². The first-order valence-electron chi connectivity index (χ1n) is 14.2. The molecule has 0 unspecified atom stereocenters. The van der Waals surface area contributed by atoms with Gasteiger partial charge in [0.1, 0.15) is 25.4 Å². The van der Waals surface area contributed by atoms with Crippen LogP contribution in [0.25, 0.3) is 0 Å². The Bertz CT molecular complexity index is 1200. The van der Waals surface area contributed by atoms with Crippen LogP contribution in [-0.4, -0.2) is 121 Å². The topological polar surface area (TPSA) is 229 Å². The second-order valence-electron chi connectivity index (χ2n) is 10.3. The molecule has 0 aromatic heterocycles. The monoisotopic (exact) mass is 694 g/mol. The van der Waals surface area contributed by atoms with Crippen LogP contribution in [0.2, 0.25) is 0 Å². The van der Waals surface area contributed by atoms with E-state index in [4.69, 9.17) is 47.4 Å². The molecule has 0 spiro atoms. The Morgan fingerprint density at radius 2 is 0.872 bits per heavy atom. The van der Waals surface area contributed by atoms with Crippen molar-refractivity contribution in [2.75, 3.05) is 13.2 Å². The lowest BCUT2D eigenvalue weighted by Crippen LogP contribution is -2.66. The van der Waals surface area contributed by atoms with E-state index < -0.39 is 121 Å². The number of esters is 8. The van der Waals surface area contributed by atoms with Gasteiger partial charge < -0.3 is 47.4 Å². The molecule has 0 bridgehead atoms. The Kier molecular flexibility index (Phi) is 14.9. The summed E-state index contributed by atoms with van der Waals surface area (Å²) in [5.41, 5.74) is -1.29. The Labute approximate surface area is 273 Å². The van der Waals surface area contributed by atoms with Crippen LogP contribution in [0.3, 0.4) is 0 Å². The summed E-state index contributed by atoms with van der Waals surface area (Å²) < 4.78 is 55.1. The SMILES string of the molecule is CC(=O)OC[C@H]1O[C@@H](O[C@H]2[C@H](OC(C)=O)[C@@H](OC(C)=O)[C@@H](OC(C)=O)S[C@@H]2COC(C)=O)[C@H](OC(C)=O)[C@@H](OC(C)=O)[C@@H]1OC(C)=O. The summed E-state index contributed by atoms with van der Waals surface area (Å²) >= 11 is 0.829. The van der Waals surface area contributed by atoms with Crippen molar-refractivity contribution >= 4 is 59.5 Å². The molecule has 2 fully saturated rings. The molecule has 0 radical (unpaired) electrons. The van der Waals surface area contributed by atoms with Gasteiger partial charge in [-0.2, -0.15) is 0 Å². The first kappa shape index (κ1) is 39.2. The van der Waals surface area contributed by atoms with Gasteiger partial charge in [0, 0.05) is 55.4 Å². The van der Waals surface area contributed by atoms with E-state index in [1.54, 1.807) is 0 Å². The maximum absolute atomic E-state index is 12.3. The molecular formula is C28H38O18S. The van der Waals surface area contributed by atoms with Crippen LogP contribution in [0.1, 0.15) is 55.4 Å². The molecule has 2 aliphatic rings. The minimum Gasteiger partial charge on any atom is -0.465 e. The van der Waals surface area contributed by atoms with E-state index >= 15 is 0 Å². The number of carbonyl (C=O) groups excluding carboxylic acids is 8. The van der Waals surface area contributed by atoms with E-state index in [0.717, 1.165) is 67.2 Å². The lowest BCUT2D eigenvalue weighted by molar-refractivity contribution is -0.325. The van der Waals surface area contributed by atoms with Gasteiger partial charge in [-0.1, -0.05) is 0 Å². The van der Waals surface area contributed by atoms with Gasteiger partial charge in [-0.05, 0) is 0 Å². The van der Waals surface area contributed by atoms with Crippen molar-refractivity contribution in [3.05, 3.63) is 0 Å². The molecule has 0 aromatic rings. The van der Waals surface area contributed by atoms with E-state index in [-0.39, 0.29) is 0 Å². The Morgan fingerprint density at radius 3 is 1.34 bits per heavy atom. The molecule has 2 aliphatic heterocycles. The first-order valence-corrected chi connectivity index (χ1v) is 15.1. The quantitative estimate of drug-likeness (QED) is 0.192. The normalized spacial score (nSPS) is 30.0. The molecule has 2 saturated heterocycles. The van der Waals surface area contributed by atoms with Crippen LogP contribution < -0.4 is 0 Å². The number of rotatable bonds is 12. The predicted octanol–water partition coefficient (Wildman–Crippen LogP) is -0.114. The maximum Gasteiger partial charge on any atom is 0.303 e. The highest BCUT2D eigenvalue weighted by molar-refractivity contribution is 8.00. The van der Waals surface area contributed by atoms with Crippen molar-refractivity contribution < 1.29 is 85.7 Å². The third-order valence-electron chi connectivity index (χ3n) is 6.17. The lowest BCUT2D eigenvalue weighted by Gasteiger charge is -2.48. The van der Waals surface area contributed by atoms with Crippen molar-refractivity contribution in [2.24, 2.45) is 0 Å². The Morgan fingerprint density at radius 1 is 0.468 bits per heavy atom. The van der Waals surface area contributed by atoms with Crippen LogP contribution in [0.15, 0.2) is 0 Å². The van der Waals surface area contributed by atoms with Gasteiger partial charge in [0.2, 0.25) is 0 Å². The summed E-state index contributed by atoms with van der Waals surface area (Å²) in [6.07, 6.45) is -12.5. The van der Waals surface area contributed by atoms with Gasteiger partial charge in [-0.15, -0.1) is 11.8 Å². The molecule has 0 amide bonds. The minimum absolute atomic E-state index is 0.432. The summed E-state index contributed by atoms with van der Waals surface area (Å²) in [4.78, 5) is 96.5. The summed E-state index contributed by atoms with van der Waals surface area (Å²) in [6, 6.07) is 0. The van der Waals surface area contributed by atoms with E-state index in [2.05, 4.69) is 0 Å². The van der Waals surface area contributed by atoms with Crippen molar-refractivity contribution in [3.63, 3.8) is 0 Å². The van der Waals surface area contributed by atoms with Crippen LogP contribution in [-0.2, 0) is 85.7 Å². The highest BCUT2D eigenvalue weighted by atomic mass is 32.2. The largest absolute Gasteiger partial charge is 0.465 e. The highest BCUT2D eigenvalue weighted by Gasteiger charge is 2.57. The zero-order valence-corrected chi connectivity index (χ0v) is 27.8. The Hall–Kier alpha value is -3.97. The van der Waals surface area contributed by atoms with Crippen LogP contribution in [0, 0.1) is 0 Å². The van der Waals surface area contributed by atoms with Crippen molar-refractivity contribution in [1.82, 2.24) is 0 Å². The fraction of sp³-hybridized carbons (Fsp3) is 0.714. The molecule has 47 heavy (non-hydrogen) atoms. The van der Waals surface area contributed by atoms with Crippen molar-refractivity contribution in [3.8, 4) is 0 Å². The van der Waals surface area contributed by atoms with Crippen LogP contribution in [0.5, 0.6) is 0 Å². The average molecular weight is 695 g/mol. The van der Waals surface area contributed by atoms with Gasteiger partial charge in [0.25, 0.3) is 0 Å². The van der Waals surface area contributed by atoms with Gasteiger partial charge >= 0.3 is 47.8 Å². The maximum atomic E-state index is 12.3. The predicted molar refractivity (Wildman–Crippen MR) is 152 cm³/mol. The van der Waals surface area contributed by atoms with Crippen LogP contribution in [0.4, 0.5) is 0 Å². The number of carbonyl (C=O) groups is 8.